The van der Waals surface area contributed by atoms with Crippen molar-refractivity contribution in [2.75, 3.05) is 13.2 Å². The van der Waals surface area contributed by atoms with Crippen LogP contribution in [0.5, 0.6) is 0 Å². The van der Waals surface area contributed by atoms with Crippen LogP contribution in [0.4, 0.5) is 0 Å². The molecule has 2 aromatic heterocycles. The highest BCUT2D eigenvalue weighted by Crippen LogP contribution is 2.22. The van der Waals surface area contributed by atoms with Gasteiger partial charge in [-0.05, 0) is 32.9 Å². The van der Waals surface area contributed by atoms with Crippen molar-refractivity contribution in [2.24, 2.45) is 5.73 Å². The Morgan fingerprint density at radius 1 is 1.21 bits per heavy atom. The van der Waals surface area contributed by atoms with E-state index < -0.39 is 11.9 Å². The molecule has 0 aliphatic heterocycles. The summed E-state index contributed by atoms with van der Waals surface area (Å²) >= 11 is 0. The third kappa shape index (κ3) is 5.53. The van der Waals surface area contributed by atoms with Gasteiger partial charge in [0.2, 0.25) is 5.91 Å². The van der Waals surface area contributed by atoms with Crippen molar-refractivity contribution < 1.29 is 9.53 Å². The molecule has 3 N–H and O–H groups in total. The Morgan fingerprint density at radius 3 is 2.59 bits per heavy atom. The lowest BCUT2D eigenvalue weighted by Gasteiger charge is -2.12. The third-order valence-electron chi connectivity index (χ3n) is 4.68. The molecule has 156 valence electrons. The SMILES string of the molecule is CCOCCn1c(CN[C@@H](C)C(N)=O)nc2ccc(-c3ccc(C)cc3)nc21.Cl. The summed E-state index contributed by atoms with van der Waals surface area (Å²) in [6.45, 7) is 8.05. The lowest BCUT2D eigenvalue weighted by molar-refractivity contribution is -0.119. The number of hydrogen-bond acceptors (Lipinski definition) is 5. The number of fused-ring (bicyclic) bond motifs is 1. The van der Waals surface area contributed by atoms with E-state index in [0.717, 1.165) is 28.2 Å². The molecule has 29 heavy (non-hydrogen) atoms. The Hall–Kier alpha value is -2.48. The first kappa shape index (κ1) is 22.8. The maximum atomic E-state index is 11.3. The molecule has 0 unspecified atom stereocenters. The first-order valence-corrected chi connectivity index (χ1v) is 9.53. The van der Waals surface area contributed by atoms with Gasteiger partial charge in [-0.15, -0.1) is 12.4 Å². The summed E-state index contributed by atoms with van der Waals surface area (Å²) in [6.07, 6.45) is 0. The van der Waals surface area contributed by atoms with Gasteiger partial charge in [-0.3, -0.25) is 10.1 Å². The first-order valence-electron chi connectivity index (χ1n) is 9.53. The summed E-state index contributed by atoms with van der Waals surface area (Å²) in [5.74, 6) is 0.410. The number of ether oxygens (including phenoxy) is 1. The van der Waals surface area contributed by atoms with Gasteiger partial charge in [-0.25, -0.2) is 9.97 Å². The van der Waals surface area contributed by atoms with E-state index in [9.17, 15) is 4.79 Å². The van der Waals surface area contributed by atoms with Gasteiger partial charge in [0.15, 0.2) is 5.65 Å². The highest BCUT2D eigenvalue weighted by molar-refractivity contribution is 5.85. The van der Waals surface area contributed by atoms with E-state index in [4.69, 9.17) is 20.4 Å². The molecule has 3 aromatic rings. The molecule has 1 amide bonds. The first-order chi connectivity index (χ1) is 13.5. The Bertz CT molecular complexity index is 956. The average Bonchev–Trinajstić information content (AvgIpc) is 3.03. The Kier molecular flexibility index (Phi) is 8.13. The maximum Gasteiger partial charge on any atom is 0.234 e. The van der Waals surface area contributed by atoms with Crippen LogP contribution in [-0.2, 0) is 22.6 Å². The summed E-state index contributed by atoms with van der Waals surface area (Å²) < 4.78 is 7.58. The van der Waals surface area contributed by atoms with Crippen LogP contribution >= 0.6 is 12.4 Å². The van der Waals surface area contributed by atoms with Gasteiger partial charge in [0.25, 0.3) is 0 Å². The minimum atomic E-state index is -0.434. The number of imidazole rings is 1. The van der Waals surface area contributed by atoms with Crippen LogP contribution < -0.4 is 11.1 Å². The molecule has 7 nitrogen and oxygen atoms in total. The fraction of sp³-hybridized carbons (Fsp3) is 0.381. The predicted molar refractivity (Wildman–Crippen MR) is 117 cm³/mol. The monoisotopic (exact) mass is 417 g/mol. The summed E-state index contributed by atoms with van der Waals surface area (Å²) in [5, 5.41) is 3.12. The molecule has 0 spiro atoms. The lowest BCUT2D eigenvalue weighted by Crippen LogP contribution is -2.38. The summed E-state index contributed by atoms with van der Waals surface area (Å²) in [5.41, 5.74) is 10.1. The second-order valence-electron chi connectivity index (χ2n) is 6.79. The molecule has 0 radical (unpaired) electrons. The zero-order chi connectivity index (χ0) is 20.1. The quantitative estimate of drug-likeness (QED) is 0.522. The molecule has 0 fully saturated rings. The van der Waals surface area contributed by atoms with Crippen molar-refractivity contribution >= 4 is 29.5 Å². The summed E-state index contributed by atoms with van der Waals surface area (Å²) in [4.78, 5) is 20.9. The number of aromatic nitrogens is 3. The minimum absolute atomic E-state index is 0. The fourth-order valence-electron chi connectivity index (χ4n) is 2.95. The fourth-order valence-corrected chi connectivity index (χ4v) is 2.95. The molecular formula is C21H28ClN5O2. The van der Waals surface area contributed by atoms with Crippen LogP contribution in [-0.4, -0.2) is 39.7 Å². The van der Waals surface area contributed by atoms with Crippen LogP contribution in [0.2, 0.25) is 0 Å². The van der Waals surface area contributed by atoms with E-state index in [1.165, 1.54) is 5.56 Å². The second kappa shape index (κ2) is 10.3. The van der Waals surface area contributed by atoms with Gasteiger partial charge in [0.05, 0.1) is 24.9 Å². The van der Waals surface area contributed by atoms with Crippen molar-refractivity contribution in [3.05, 3.63) is 47.8 Å². The highest BCUT2D eigenvalue weighted by atomic mass is 35.5. The molecule has 0 aliphatic rings. The van der Waals surface area contributed by atoms with Gasteiger partial charge in [-0.1, -0.05) is 29.8 Å². The average molecular weight is 418 g/mol. The van der Waals surface area contributed by atoms with Crippen LogP contribution in [0.15, 0.2) is 36.4 Å². The summed E-state index contributed by atoms with van der Waals surface area (Å²) in [7, 11) is 0. The van der Waals surface area contributed by atoms with Crippen LogP contribution in [0.3, 0.4) is 0 Å². The van der Waals surface area contributed by atoms with Gasteiger partial charge in [-0.2, -0.15) is 0 Å². The molecule has 2 heterocycles. The van der Waals surface area contributed by atoms with E-state index in [2.05, 4.69) is 36.5 Å². The van der Waals surface area contributed by atoms with Gasteiger partial charge >= 0.3 is 0 Å². The van der Waals surface area contributed by atoms with E-state index in [-0.39, 0.29) is 12.4 Å². The number of halogens is 1. The van der Waals surface area contributed by atoms with E-state index in [1.807, 2.05) is 23.6 Å². The van der Waals surface area contributed by atoms with E-state index >= 15 is 0 Å². The molecule has 3 rings (SSSR count). The van der Waals surface area contributed by atoms with Gasteiger partial charge in [0.1, 0.15) is 11.3 Å². The highest BCUT2D eigenvalue weighted by Gasteiger charge is 2.15. The van der Waals surface area contributed by atoms with Gasteiger partial charge in [0, 0.05) is 18.7 Å². The number of benzene rings is 1. The number of carbonyl (C=O) groups is 1. The Morgan fingerprint density at radius 2 is 1.93 bits per heavy atom. The molecule has 8 heteroatoms. The molecule has 1 aromatic carbocycles. The number of rotatable bonds is 9. The standard InChI is InChI=1S/C21H27N5O2.ClH/c1-4-28-12-11-26-19(13-23-15(3)20(22)27)24-18-10-9-17(25-21(18)26)16-7-5-14(2)6-8-16;/h5-10,15,23H,4,11-13H2,1-3H3,(H2,22,27);1H/t15-;/m0./s1. The van der Waals surface area contributed by atoms with Crippen LogP contribution in [0, 0.1) is 6.92 Å². The lowest BCUT2D eigenvalue weighted by atomic mass is 10.1. The number of nitrogens with two attached hydrogens (primary N) is 1. The summed E-state index contributed by atoms with van der Waals surface area (Å²) in [6, 6.07) is 11.8. The molecule has 0 aliphatic carbocycles. The van der Waals surface area contributed by atoms with Crippen molar-refractivity contribution in [3.8, 4) is 11.3 Å². The zero-order valence-corrected chi connectivity index (χ0v) is 17.8. The van der Waals surface area contributed by atoms with E-state index in [1.54, 1.807) is 6.92 Å². The minimum Gasteiger partial charge on any atom is -0.380 e. The third-order valence-corrected chi connectivity index (χ3v) is 4.68. The molecule has 1 atom stereocenters. The second-order valence-corrected chi connectivity index (χ2v) is 6.79. The Labute approximate surface area is 177 Å². The van der Waals surface area contributed by atoms with Crippen molar-refractivity contribution in [3.63, 3.8) is 0 Å². The van der Waals surface area contributed by atoms with Crippen molar-refractivity contribution in [2.45, 2.75) is 39.9 Å². The largest absolute Gasteiger partial charge is 0.380 e. The molecular weight excluding hydrogens is 390 g/mol. The zero-order valence-electron chi connectivity index (χ0n) is 17.0. The number of nitrogens with one attached hydrogen (secondary N) is 1. The normalized spacial score (nSPS) is 12.0. The Balaban J connectivity index is 0.00000300. The number of nitrogens with zero attached hydrogens (tertiary/aromatic N) is 3. The predicted octanol–water partition coefficient (Wildman–Crippen LogP) is 2.83. The van der Waals surface area contributed by atoms with Crippen molar-refractivity contribution in [1.82, 2.24) is 19.9 Å². The van der Waals surface area contributed by atoms with E-state index in [0.29, 0.717) is 26.3 Å². The maximum absolute atomic E-state index is 11.3. The van der Waals surface area contributed by atoms with Crippen LogP contribution in [0.25, 0.3) is 22.4 Å². The number of primary amides is 1. The van der Waals surface area contributed by atoms with Crippen molar-refractivity contribution in [1.29, 1.82) is 0 Å². The smallest absolute Gasteiger partial charge is 0.234 e. The van der Waals surface area contributed by atoms with Gasteiger partial charge < -0.3 is 15.0 Å². The number of hydrogen-bond donors (Lipinski definition) is 2. The number of pyridine rings is 1. The number of amides is 1. The molecule has 0 bridgehead atoms. The van der Waals surface area contributed by atoms with Crippen LogP contribution in [0.1, 0.15) is 25.2 Å². The number of aryl methyl sites for hydroxylation is 1. The molecule has 0 saturated heterocycles. The molecule has 0 saturated carbocycles. The number of carbonyl (C=O) groups excluding carboxylic acids is 1. The topological polar surface area (TPSA) is 95.1 Å².